The van der Waals surface area contributed by atoms with Crippen molar-refractivity contribution >= 4 is 18.3 Å². The van der Waals surface area contributed by atoms with Crippen LogP contribution in [0.5, 0.6) is 0 Å². The maximum atomic E-state index is 11.7. The first-order valence-corrected chi connectivity index (χ1v) is 6.00. The zero-order chi connectivity index (χ0) is 13.2. The number of carbonyl (C=O) groups excluding carboxylic acids is 1. The Morgan fingerprint density at radius 2 is 2.32 bits per heavy atom. The van der Waals surface area contributed by atoms with Crippen molar-refractivity contribution in [3.8, 4) is 0 Å². The number of hydrogen-bond acceptors (Lipinski definition) is 6. The minimum Gasteiger partial charge on any atom is -0.383 e. The number of nitrogens with one attached hydrogen (secondary N) is 3. The molecule has 1 atom stereocenters. The van der Waals surface area contributed by atoms with E-state index < -0.39 is 0 Å². The largest absolute Gasteiger partial charge is 0.383 e. The highest BCUT2D eigenvalue weighted by Crippen LogP contribution is 2.12. The number of nitrogens with zero attached hydrogens (tertiary/aromatic N) is 3. The van der Waals surface area contributed by atoms with Gasteiger partial charge in [-0.2, -0.15) is 5.21 Å². The number of tetrazole rings is 1. The molecule has 1 amide bonds. The second kappa shape index (κ2) is 10.7. The summed E-state index contributed by atoms with van der Waals surface area (Å²) >= 11 is 0. The number of ether oxygens (including phenoxy) is 1. The van der Waals surface area contributed by atoms with Crippen LogP contribution in [0.25, 0.3) is 0 Å². The van der Waals surface area contributed by atoms with Gasteiger partial charge in [0.25, 0.3) is 0 Å². The molecule has 8 nitrogen and oxygen atoms in total. The number of amides is 1. The molecule has 9 heteroatoms. The molecule has 0 spiro atoms. The maximum absolute atomic E-state index is 11.7. The fraction of sp³-hybridized carbons (Fsp3) is 0.800. The van der Waals surface area contributed by atoms with E-state index in [0.717, 1.165) is 12.8 Å². The Hall–Kier alpha value is -1.25. The summed E-state index contributed by atoms with van der Waals surface area (Å²) < 4.78 is 4.88. The third-order valence-corrected chi connectivity index (χ3v) is 2.35. The van der Waals surface area contributed by atoms with Crippen LogP contribution in [0.15, 0.2) is 0 Å². The molecule has 1 unspecified atom stereocenters. The molecule has 0 saturated carbocycles. The highest BCUT2D eigenvalue weighted by Gasteiger charge is 2.17. The van der Waals surface area contributed by atoms with E-state index in [1.54, 1.807) is 7.11 Å². The van der Waals surface area contributed by atoms with Crippen molar-refractivity contribution in [2.24, 2.45) is 0 Å². The predicted molar refractivity (Wildman–Crippen MR) is 72.0 cm³/mol. The van der Waals surface area contributed by atoms with Gasteiger partial charge in [0, 0.05) is 13.7 Å². The molecule has 19 heavy (non-hydrogen) atoms. The summed E-state index contributed by atoms with van der Waals surface area (Å²) in [7, 11) is 1.62. The SMILES string of the molecule is CCCC(NC(=O)CNCCOC)c1nn[nH]n1.Cl. The lowest BCUT2D eigenvalue weighted by Gasteiger charge is -2.14. The molecule has 1 aromatic rings. The van der Waals surface area contributed by atoms with Gasteiger partial charge in [0.05, 0.1) is 19.2 Å². The standard InChI is InChI=1S/C10H20N6O2.ClH/c1-3-4-8(10-13-15-16-14-10)12-9(17)7-11-5-6-18-2;/h8,11H,3-7H2,1-2H3,(H,12,17)(H,13,14,15,16);1H. The van der Waals surface area contributed by atoms with Gasteiger partial charge >= 0.3 is 0 Å². The first-order chi connectivity index (χ1) is 8.77. The zero-order valence-corrected chi connectivity index (χ0v) is 12.0. The van der Waals surface area contributed by atoms with Crippen LogP contribution in [-0.2, 0) is 9.53 Å². The Bertz CT molecular complexity index is 335. The summed E-state index contributed by atoms with van der Waals surface area (Å²) in [4.78, 5) is 11.7. The summed E-state index contributed by atoms with van der Waals surface area (Å²) in [6.45, 7) is 3.51. The second-order valence-electron chi connectivity index (χ2n) is 3.85. The van der Waals surface area contributed by atoms with E-state index in [9.17, 15) is 4.79 Å². The topological polar surface area (TPSA) is 105 Å². The molecule has 0 aliphatic rings. The summed E-state index contributed by atoms with van der Waals surface area (Å²) in [6.07, 6.45) is 1.71. The van der Waals surface area contributed by atoms with Gasteiger partial charge in [-0.15, -0.1) is 22.6 Å². The van der Waals surface area contributed by atoms with Crippen LogP contribution in [0.3, 0.4) is 0 Å². The van der Waals surface area contributed by atoms with Crippen molar-refractivity contribution in [3.05, 3.63) is 5.82 Å². The number of H-pyrrole nitrogens is 1. The van der Waals surface area contributed by atoms with Crippen molar-refractivity contribution in [3.63, 3.8) is 0 Å². The summed E-state index contributed by atoms with van der Waals surface area (Å²) in [5, 5.41) is 19.5. The first-order valence-electron chi connectivity index (χ1n) is 6.00. The number of aromatic amines is 1. The number of rotatable bonds is 9. The molecule has 110 valence electrons. The molecule has 0 aromatic carbocycles. The lowest BCUT2D eigenvalue weighted by atomic mass is 10.1. The second-order valence-corrected chi connectivity index (χ2v) is 3.85. The van der Waals surface area contributed by atoms with Crippen molar-refractivity contribution in [2.75, 3.05) is 26.8 Å². The predicted octanol–water partition coefficient (Wildman–Crippen LogP) is -0.185. The van der Waals surface area contributed by atoms with E-state index in [0.29, 0.717) is 19.0 Å². The number of aromatic nitrogens is 4. The normalized spacial score (nSPS) is 11.7. The summed E-state index contributed by atoms with van der Waals surface area (Å²) in [5.41, 5.74) is 0. The van der Waals surface area contributed by atoms with Crippen LogP contribution in [0.4, 0.5) is 0 Å². The van der Waals surface area contributed by atoms with Crippen LogP contribution < -0.4 is 10.6 Å². The third kappa shape index (κ3) is 7.04. The number of halogens is 1. The molecule has 0 bridgehead atoms. The van der Waals surface area contributed by atoms with Gasteiger partial charge in [0.15, 0.2) is 5.82 Å². The van der Waals surface area contributed by atoms with Crippen LogP contribution in [-0.4, -0.2) is 53.3 Å². The van der Waals surface area contributed by atoms with Crippen LogP contribution in [0.2, 0.25) is 0 Å². The molecule has 0 saturated heterocycles. The Balaban J connectivity index is 0.00000324. The van der Waals surface area contributed by atoms with Crippen LogP contribution in [0.1, 0.15) is 31.6 Å². The average Bonchev–Trinajstić information content (AvgIpc) is 2.88. The molecule has 0 aliphatic heterocycles. The van der Waals surface area contributed by atoms with Crippen molar-refractivity contribution in [1.82, 2.24) is 31.3 Å². The van der Waals surface area contributed by atoms with Gasteiger partial charge in [-0.05, 0) is 6.42 Å². The lowest BCUT2D eigenvalue weighted by Crippen LogP contribution is -2.37. The van der Waals surface area contributed by atoms with E-state index in [2.05, 4.69) is 31.3 Å². The fourth-order valence-electron chi connectivity index (χ4n) is 1.49. The fourth-order valence-corrected chi connectivity index (χ4v) is 1.49. The molecule has 0 fully saturated rings. The van der Waals surface area contributed by atoms with Gasteiger partial charge in [0.2, 0.25) is 5.91 Å². The van der Waals surface area contributed by atoms with Gasteiger partial charge in [-0.3, -0.25) is 4.79 Å². The van der Waals surface area contributed by atoms with Crippen LogP contribution >= 0.6 is 12.4 Å². The van der Waals surface area contributed by atoms with Gasteiger partial charge in [-0.25, -0.2) is 0 Å². The third-order valence-electron chi connectivity index (χ3n) is 2.35. The molecule has 0 aliphatic carbocycles. The smallest absolute Gasteiger partial charge is 0.234 e. The van der Waals surface area contributed by atoms with Crippen molar-refractivity contribution < 1.29 is 9.53 Å². The van der Waals surface area contributed by atoms with Gasteiger partial charge in [-0.1, -0.05) is 18.6 Å². The van der Waals surface area contributed by atoms with E-state index >= 15 is 0 Å². The molecule has 1 heterocycles. The van der Waals surface area contributed by atoms with Crippen LogP contribution in [0, 0.1) is 0 Å². The molecule has 1 rings (SSSR count). The lowest BCUT2D eigenvalue weighted by molar-refractivity contribution is -0.121. The summed E-state index contributed by atoms with van der Waals surface area (Å²) in [5.74, 6) is 0.427. The van der Waals surface area contributed by atoms with E-state index in [1.807, 2.05) is 6.92 Å². The number of carbonyl (C=O) groups is 1. The van der Waals surface area contributed by atoms with Gasteiger partial charge in [0.1, 0.15) is 0 Å². The zero-order valence-electron chi connectivity index (χ0n) is 11.2. The molecular formula is C10H21ClN6O2. The maximum Gasteiger partial charge on any atom is 0.234 e. The first kappa shape index (κ1) is 17.8. The van der Waals surface area contributed by atoms with Crippen molar-refractivity contribution in [1.29, 1.82) is 0 Å². The Labute approximate surface area is 118 Å². The van der Waals surface area contributed by atoms with E-state index in [4.69, 9.17) is 4.74 Å². The average molecular weight is 293 g/mol. The Morgan fingerprint density at radius 3 is 2.89 bits per heavy atom. The number of hydrogen-bond donors (Lipinski definition) is 3. The Kier molecular flexibility index (Phi) is 9.95. The molecule has 0 radical (unpaired) electrons. The highest BCUT2D eigenvalue weighted by atomic mass is 35.5. The number of methoxy groups -OCH3 is 1. The monoisotopic (exact) mass is 292 g/mol. The Morgan fingerprint density at radius 1 is 1.53 bits per heavy atom. The highest BCUT2D eigenvalue weighted by molar-refractivity contribution is 5.85. The molecular weight excluding hydrogens is 272 g/mol. The summed E-state index contributed by atoms with van der Waals surface area (Å²) in [6, 6.07) is -0.189. The van der Waals surface area contributed by atoms with E-state index in [1.165, 1.54) is 0 Å². The molecule has 3 N–H and O–H groups in total. The van der Waals surface area contributed by atoms with Gasteiger partial charge < -0.3 is 15.4 Å². The minimum atomic E-state index is -0.189. The minimum absolute atomic E-state index is 0. The molecule has 1 aromatic heterocycles. The van der Waals surface area contributed by atoms with Crippen molar-refractivity contribution in [2.45, 2.75) is 25.8 Å². The van der Waals surface area contributed by atoms with E-state index in [-0.39, 0.29) is 30.9 Å². The quantitative estimate of drug-likeness (QED) is 0.545.